The lowest BCUT2D eigenvalue weighted by Gasteiger charge is -2.08. The number of para-hydroxylation sites is 1. The van der Waals surface area contributed by atoms with E-state index in [1.807, 2.05) is 24.3 Å². The molecule has 0 aliphatic heterocycles. The van der Waals surface area contributed by atoms with Gasteiger partial charge in [-0.25, -0.2) is 9.78 Å². The third kappa shape index (κ3) is 3.34. The van der Waals surface area contributed by atoms with Crippen molar-refractivity contribution in [3.63, 3.8) is 0 Å². The van der Waals surface area contributed by atoms with Crippen molar-refractivity contribution in [2.24, 2.45) is 14.1 Å². The van der Waals surface area contributed by atoms with Gasteiger partial charge in [0.05, 0.1) is 12.0 Å². The molecule has 2 aromatic heterocycles. The molecule has 0 radical (unpaired) electrons. The molecule has 26 heavy (non-hydrogen) atoms. The van der Waals surface area contributed by atoms with Gasteiger partial charge in [-0.3, -0.25) is 18.7 Å². The Labute approximate surface area is 157 Å². The van der Waals surface area contributed by atoms with E-state index in [9.17, 15) is 14.4 Å². The molecule has 0 fully saturated rings. The van der Waals surface area contributed by atoms with Crippen molar-refractivity contribution in [3.05, 3.63) is 55.9 Å². The molecule has 0 aliphatic carbocycles. The molecule has 2 heterocycles. The zero-order valence-corrected chi connectivity index (χ0v) is 16.0. The van der Waals surface area contributed by atoms with Crippen LogP contribution in [-0.2, 0) is 25.4 Å². The monoisotopic (exact) mass is 419 g/mol. The van der Waals surface area contributed by atoms with E-state index in [1.54, 1.807) is 11.6 Å². The SMILES string of the molecule is Cn1c(=O)c2c(ncn2CCCC(=O)Nc2ccccc2Br)n(C)c1=O. The Kier molecular flexibility index (Phi) is 5.08. The topological polar surface area (TPSA) is 90.9 Å². The van der Waals surface area contributed by atoms with E-state index in [4.69, 9.17) is 0 Å². The molecule has 3 aromatic rings. The predicted molar refractivity (Wildman–Crippen MR) is 102 cm³/mol. The minimum atomic E-state index is -0.416. The van der Waals surface area contributed by atoms with Gasteiger partial charge < -0.3 is 9.88 Å². The molecule has 0 unspecified atom stereocenters. The predicted octanol–water partition coefficient (Wildman–Crippen LogP) is 1.62. The Bertz CT molecular complexity index is 1100. The van der Waals surface area contributed by atoms with Gasteiger partial charge >= 0.3 is 5.69 Å². The maximum absolute atomic E-state index is 12.4. The first-order chi connectivity index (χ1) is 12.4. The van der Waals surface area contributed by atoms with E-state index in [1.165, 1.54) is 17.9 Å². The number of aromatic nitrogens is 4. The van der Waals surface area contributed by atoms with Crippen LogP contribution in [0.3, 0.4) is 0 Å². The van der Waals surface area contributed by atoms with Crippen LogP contribution in [0.1, 0.15) is 12.8 Å². The summed E-state index contributed by atoms with van der Waals surface area (Å²) in [5.41, 5.74) is 0.616. The first-order valence-electron chi connectivity index (χ1n) is 8.05. The highest BCUT2D eigenvalue weighted by Gasteiger charge is 2.14. The first kappa shape index (κ1) is 18.1. The maximum Gasteiger partial charge on any atom is 0.332 e. The number of amides is 1. The number of hydrogen-bond acceptors (Lipinski definition) is 4. The van der Waals surface area contributed by atoms with Gasteiger partial charge in [0.1, 0.15) is 0 Å². The minimum absolute atomic E-state index is 0.110. The summed E-state index contributed by atoms with van der Waals surface area (Å²) in [5, 5.41) is 2.84. The summed E-state index contributed by atoms with van der Waals surface area (Å²) in [6, 6.07) is 7.39. The molecule has 0 atom stereocenters. The van der Waals surface area contributed by atoms with Crippen LogP contribution in [0.4, 0.5) is 5.69 Å². The highest BCUT2D eigenvalue weighted by molar-refractivity contribution is 9.10. The number of benzene rings is 1. The Hall–Kier alpha value is -2.68. The highest BCUT2D eigenvalue weighted by atomic mass is 79.9. The molecule has 0 bridgehead atoms. The van der Waals surface area contributed by atoms with Gasteiger partial charge in [0, 0.05) is 31.5 Å². The molecule has 0 aliphatic rings. The number of rotatable bonds is 5. The summed E-state index contributed by atoms with van der Waals surface area (Å²) in [4.78, 5) is 40.6. The second kappa shape index (κ2) is 7.28. The second-order valence-corrected chi connectivity index (χ2v) is 6.80. The number of anilines is 1. The van der Waals surface area contributed by atoms with E-state index in [2.05, 4.69) is 26.2 Å². The highest BCUT2D eigenvalue weighted by Crippen LogP contribution is 2.21. The van der Waals surface area contributed by atoms with Gasteiger partial charge in [-0.1, -0.05) is 12.1 Å². The van der Waals surface area contributed by atoms with Crippen molar-refractivity contribution in [3.8, 4) is 0 Å². The molecule has 0 saturated heterocycles. The van der Waals surface area contributed by atoms with Gasteiger partial charge in [-0.05, 0) is 34.5 Å². The van der Waals surface area contributed by atoms with Crippen molar-refractivity contribution in [1.29, 1.82) is 0 Å². The Morgan fingerprint density at radius 2 is 1.92 bits per heavy atom. The molecule has 136 valence electrons. The average Bonchev–Trinajstić information content (AvgIpc) is 3.04. The smallest absolute Gasteiger partial charge is 0.325 e. The number of carbonyl (C=O) groups excluding carboxylic acids is 1. The number of halogens is 1. The number of fused-ring (bicyclic) bond motifs is 1. The molecule has 9 heteroatoms. The molecule has 1 aromatic carbocycles. The third-order valence-corrected chi connectivity index (χ3v) is 4.86. The average molecular weight is 420 g/mol. The molecule has 0 spiro atoms. The molecule has 1 amide bonds. The van der Waals surface area contributed by atoms with E-state index >= 15 is 0 Å². The standard InChI is InChI=1S/C17H18BrN5O3/c1-21-15-14(16(25)22(2)17(21)26)23(10-19-15)9-5-8-13(24)20-12-7-4-3-6-11(12)18/h3-4,6-7,10H,5,8-9H2,1-2H3,(H,20,24). The van der Waals surface area contributed by atoms with Gasteiger partial charge in [-0.2, -0.15) is 0 Å². The summed E-state index contributed by atoms with van der Waals surface area (Å²) >= 11 is 3.39. The fraction of sp³-hybridized carbons (Fsp3) is 0.294. The van der Waals surface area contributed by atoms with E-state index in [-0.39, 0.29) is 5.91 Å². The van der Waals surface area contributed by atoms with Crippen LogP contribution < -0.4 is 16.6 Å². The lowest BCUT2D eigenvalue weighted by molar-refractivity contribution is -0.116. The third-order valence-electron chi connectivity index (χ3n) is 4.17. The van der Waals surface area contributed by atoms with Crippen LogP contribution in [0.15, 0.2) is 44.7 Å². The fourth-order valence-corrected chi connectivity index (χ4v) is 3.14. The van der Waals surface area contributed by atoms with E-state index < -0.39 is 11.2 Å². The van der Waals surface area contributed by atoms with Crippen molar-refractivity contribution in [2.75, 3.05) is 5.32 Å². The maximum atomic E-state index is 12.4. The number of imidazole rings is 1. The van der Waals surface area contributed by atoms with E-state index in [0.29, 0.717) is 30.6 Å². The summed E-state index contributed by atoms with van der Waals surface area (Å²) < 4.78 is 4.90. The van der Waals surface area contributed by atoms with Gasteiger partial charge in [-0.15, -0.1) is 0 Å². The number of nitrogens with zero attached hydrogens (tertiary/aromatic N) is 4. The van der Waals surface area contributed by atoms with Crippen LogP contribution >= 0.6 is 15.9 Å². The molecule has 3 rings (SSSR count). The van der Waals surface area contributed by atoms with Gasteiger partial charge in [0.15, 0.2) is 11.2 Å². The molecule has 8 nitrogen and oxygen atoms in total. The summed E-state index contributed by atoms with van der Waals surface area (Å²) in [5.74, 6) is -0.110. The van der Waals surface area contributed by atoms with Crippen LogP contribution in [0.2, 0.25) is 0 Å². The molecule has 0 saturated carbocycles. The van der Waals surface area contributed by atoms with Crippen LogP contribution in [0, 0.1) is 0 Å². The van der Waals surface area contributed by atoms with Crippen LogP contribution in [0.25, 0.3) is 11.2 Å². The van der Waals surface area contributed by atoms with Crippen molar-refractivity contribution >= 4 is 38.7 Å². The molecular weight excluding hydrogens is 402 g/mol. The normalized spacial score (nSPS) is 11.0. The first-order valence-corrected chi connectivity index (χ1v) is 8.84. The lowest BCUT2D eigenvalue weighted by atomic mass is 10.2. The summed E-state index contributed by atoms with van der Waals surface area (Å²) in [6.07, 6.45) is 2.36. The zero-order chi connectivity index (χ0) is 18.8. The molecule has 1 N–H and O–H groups in total. The van der Waals surface area contributed by atoms with Crippen molar-refractivity contribution in [2.45, 2.75) is 19.4 Å². The Morgan fingerprint density at radius 1 is 1.19 bits per heavy atom. The Morgan fingerprint density at radius 3 is 2.65 bits per heavy atom. The van der Waals surface area contributed by atoms with Crippen molar-refractivity contribution in [1.82, 2.24) is 18.7 Å². The number of nitrogens with one attached hydrogen (secondary N) is 1. The van der Waals surface area contributed by atoms with Gasteiger partial charge in [0.25, 0.3) is 5.56 Å². The Balaban J connectivity index is 1.71. The lowest BCUT2D eigenvalue weighted by Crippen LogP contribution is -2.37. The fourth-order valence-electron chi connectivity index (χ4n) is 2.75. The second-order valence-electron chi connectivity index (χ2n) is 5.95. The summed E-state index contributed by atoms with van der Waals surface area (Å²) in [7, 11) is 3.01. The number of hydrogen-bond donors (Lipinski definition) is 1. The quantitative estimate of drug-likeness (QED) is 0.679. The summed E-state index contributed by atoms with van der Waals surface area (Å²) in [6.45, 7) is 0.452. The van der Waals surface area contributed by atoms with Gasteiger partial charge in [0.2, 0.25) is 5.91 Å². The minimum Gasteiger partial charge on any atom is -0.325 e. The number of carbonyl (C=O) groups is 1. The molecular formula is C17H18BrN5O3. The van der Waals surface area contributed by atoms with Crippen LogP contribution in [0.5, 0.6) is 0 Å². The zero-order valence-electron chi connectivity index (χ0n) is 14.4. The van der Waals surface area contributed by atoms with E-state index in [0.717, 1.165) is 14.7 Å². The van der Waals surface area contributed by atoms with Crippen molar-refractivity contribution < 1.29 is 4.79 Å². The number of aryl methyl sites for hydroxylation is 2. The van der Waals surface area contributed by atoms with Crippen LogP contribution in [-0.4, -0.2) is 24.6 Å². The largest absolute Gasteiger partial charge is 0.332 e.